The summed E-state index contributed by atoms with van der Waals surface area (Å²) >= 11 is 0. The number of sulfonamides is 1. The van der Waals surface area contributed by atoms with Gasteiger partial charge in [0, 0.05) is 13.1 Å². The van der Waals surface area contributed by atoms with Crippen molar-refractivity contribution in [3.8, 4) is 5.75 Å². The largest absolute Gasteiger partial charge is 0.496 e. The lowest BCUT2D eigenvalue weighted by atomic mass is 10.1. The Morgan fingerprint density at radius 1 is 1.30 bits per heavy atom. The van der Waals surface area contributed by atoms with Crippen molar-refractivity contribution in [2.24, 2.45) is 0 Å². The number of hydrogen-bond donors (Lipinski definition) is 2. The van der Waals surface area contributed by atoms with Gasteiger partial charge in [0.25, 0.3) is 5.91 Å². The molecular weight excluding hydrogens is 372 g/mol. The van der Waals surface area contributed by atoms with Gasteiger partial charge in [-0.05, 0) is 31.5 Å². The van der Waals surface area contributed by atoms with Crippen LogP contribution in [0.2, 0.25) is 0 Å². The molecule has 1 atom stereocenters. The number of aliphatic carboxylic acids is 1. The molecule has 0 fully saturated rings. The van der Waals surface area contributed by atoms with Gasteiger partial charge in [-0.1, -0.05) is 26.0 Å². The van der Waals surface area contributed by atoms with E-state index in [-0.39, 0.29) is 35.7 Å². The molecule has 1 aromatic carbocycles. The number of carbonyl (C=O) groups excluding carboxylic acids is 1. The highest BCUT2D eigenvalue weighted by Crippen LogP contribution is 2.24. The van der Waals surface area contributed by atoms with Crippen LogP contribution >= 0.6 is 0 Å². The minimum atomic E-state index is -3.77. The molecule has 27 heavy (non-hydrogen) atoms. The Labute approximate surface area is 159 Å². The van der Waals surface area contributed by atoms with Gasteiger partial charge in [-0.15, -0.1) is 0 Å². The molecule has 0 saturated heterocycles. The summed E-state index contributed by atoms with van der Waals surface area (Å²) in [6.45, 7) is 5.76. The second-order valence-electron chi connectivity index (χ2n) is 5.62. The maximum atomic E-state index is 12.7. The van der Waals surface area contributed by atoms with Crippen LogP contribution in [0.25, 0.3) is 0 Å². The number of methoxy groups -OCH3 is 1. The van der Waals surface area contributed by atoms with Crippen molar-refractivity contribution < 1.29 is 27.9 Å². The van der Waals surface area contributed by atoms with Crippen LogP contribution in [0.4, 0.5) is 0 Å². The number of rotatable bonds is 10. The van der Waals surface area contributed by atoms with Crippen LogP contribution in [-0.4, -0.2) is 55.9 Å². The van der Waals surface area contributed by atoms with Crippen molar-refractivity contribution in [2.75, 3.05) is 20.2 Å². The molecule has 0 aliphatic heterocycles. The van der Waals surface area contributed by atoms with E-state index in [4.69, 9.17) is 4.74 Å². The predicted molar refractivity (Wildman–Crippen MR) is 101 cm³/mol. The second kappa shape index (κ2) is 10.1. The van der Waals surface area contributed by atoms with E-state index in [0.717, 1.165) is 0 Å². The molecule has 8 nitrogen and oxygen atoms in total. The molecule has 2 N–H and O–H groups in total. The summed E-state index contributed by atoms with van der Waals surface area (Å²) in [4.78, 5) is 23.9. The van der Waals surface area contributed by atoms with E-state index in [9.17, 15) is 23.1 Å². The van der Waals surface area contributed by atoms with Crippen molar-refractivity contribution in [2.45, 2.75) is 38.1 Å². The highest BCUT2D eigenvalue weighted by Gasteiger charge is 2.26. The van der Waals surface area contributed by atoms with Crippen molar-refractivity contribution in [3.05, 3.63) is 35.9 Å². The maximum absolute atomic E-state index is 12.7. The minimum absolute atomic E-state index is 0.0440. The zero-order valence-electron chi connectivity index (χ0n) is 15.9. The molecule has 0 heterocycles. The van der Waals surface area contributed by atoms with E-state index in [1.54, 1.807) is 32.9 Å². The van der Waals surface area contributed by atoms with Crippen molar-refractivity contribution in [1.82, 2.24) is 9.62 Å². The Bertz CT molecular complexity index is 800. The van der Waals surface area contributed by atoms with Gasteiger partial charge in [-0.3, -0.25) is 4.79 Å². The third-order valence-electron chi connectivity index (χ3n) is 3.97. The molecule has 0 aromatic heterocycles. The molecule has 1 unspecified atom stereocenters. The maximum Gasteiger partial charge on any atom is 0.326 e. The molecule has 1 rings (SSSR count). The number of carboxylic acids is 1. The third-order valence-corrected chi connectivity index (χ3v) is 6.02. The molecule has 0 saturated carbocycles. The van der Waals surface area contributed by atoms with Crippen LogP contribution < -0.4 is 10.1 Å². The normalized spacial score (nSPS) is 12.9. The van der Waals surface area contributed by atoms with Gasteiger partial charge in [0.15, 0.2) is 0 Å². The van der Waals surface area contributed by atoms with E-state index in [1.807, 2.05) is 0 Å². The highest BCUT2D eigenvalue weighted by atomic mass is 32.2. The van der Waals surface area contributed by atoms with Crippen molar-refractivity contribution >= 4 is 21.9 Å². The molecule has 0 radical (unpaired) electrons. The van der Waals surface area contributed by atoms with Crippen LogP contribution in [0.3, 0.4) is 0 Å². The molecule has 0 bridgehead atoms. The predicted octanol–water partition coefficient (Wildman–Crippen LogP) is 1.87. The first-order valence-corrected chi connectivity index (χ1v) is 9.99. The van der Waals surface area contributed by atoms with Crippen molar-refractivity contribution in [1.29, 1.82) is 0 Å². The first kappa shape index (κ1) is 22.7. The van der Waals surface area contributed by atoms with Gasteiger partial charge < -0.3 is 15.2 Å². The summed E-state index contributed by atoms with van der Waals surface area (Å²) < 4.78 is 31.8. The molecule has 1 amide bonds. The van der Waals surface area contributed by atoms with Crippen LogP contribution in [0.5, 0.6) is 5.75 Å². The lowest BCUT2D eigenvalue weighted by Crippen LogP contribution is -2.40. The highest BCUT2D eigenvalue weighted by molar-refractivity contribution is 7.89. The van der Waals surface area contributed by atoms with Gasteiger partial charge in [0.1, 0.15) is 11.8 Å². The lowest BCUT2D eigenvalue weighted by Gasteiger charge is -2.20. The zero-order chi connectivity index (χ0) is 20.6. The summed E-state index contributed by atoms with van der Waals surface area (Å²) in [6, 6.07) is 2.81. The molecule has 0 spiro atoms. The van der Waals surface area contributed by atoms with Gasteiger partial charge in [0.05, 0.1) is 17.6 Å². The number of carbonyl (C=O) groups is 2. The van der Waals surface area contributed by atoms with Gasteiger partial charge in [0.2, 0.25) is 10.0 Å². The average Bonchev–Trinajstić information content (AvgIpc) is 2.64. The molecule has 150 valence electrons. The Morgan fingerprint density at radius 3 is 2.41 bits per heavy atom. The first-order chi connectivity index (χ1) is 12.7. The summed E-state index contributed by atoms with van der Waals surface area (Å²) in [5.41, 5.74) is -0.0440. The quantitative estimate of drug-likeness (QED) is 0.582. The number of allylic oxidation sites excluding steroid dienone is 1. The number of nitrogens with one attached hydrogen (secondary N) is 1. The molecule has 1 aromatic rings. The third kappa shape index (κ3) is 5.54. The number of nitrogens with zero attached hydrogens (tertiary/aromatic N) is 1. The van der Waals surface area contributed by atoms with Gasteiger partial charge in [-0.25, -0.2) is 13.2 Å². The SMILES string of the molecule is C/C=C/CC(NC(=O)c1cc(S(=O)(=O)N(CC)CC)ccc1OC)C(=O)O. The monoisotopic (exact) mass is 398 g/mol. The molecular formula is C18H26N2O6S. The Balaban J connectivity index is 3.29. The Hall–Kier alpha value is -2.39. The zero-order valence-corrected chi connectivity index (χ0v) is 16.7. The summed E-state index contributed by atoms with van der Waals surface area (Å²) in [6.07, 6.45) is 3.41. The van der Waals surface area contributed by atoms with E-state index in [1.165, 1.54) is 29.6 Å². The lowest BCUT2D eigenvalue weighted by molar-refractivity contribution is -0.139. The Kier molecular flexibility index (Phi) is 8.45. The second-order valence-corrected chi connectivity index (χ2v) is 7.56. The van der Waals surface area contributed by atoms with Crippen molar-refractivity contribution in [3.63, 3.8) is 0 Å². The first-order valence-electron chi connectivity index (χ1n) is 8.55. The smallest absolute Gasteiger partial charge is 0.326 e. The van der Waals surface area contributed by atoms with E-state index in [0.29, 0.717) is 0 Å². The van der Waals surface area contributed by atoms with Gasteiger partial charge in [-0.2, -0.15) is 4.31 Å². The Morgan fingerprint density at radius 2 is 1.93 bits per heavy atom. The summed E-state index contributed by atoms with van der Waals surface area (Å²) in [7, 11) is -2.42. The van der Waals surface area contributed by atoms with E-state index >= 15 is 0 Å². The average molecular weight is 398 g/mol. The molecule has 0 aliphatic rings. The number of benzene rings is 1. The fraction of sp³-hybridized carbons (Fsp3) is 0.444. The summed E-state index contributed by atoms with van der Waals surface area (Å²) in [5.74, 6) is -1.76. The van der Waals surface area contributed by atoms with E-state index < -0.39 is 27.9 Å². The number of amides is 1. The minimum Gasteiger partial charge on any atom is -0.496 e. The van der Waals surface area contributed by atoms with Crippen LogP contribution in [0.1, 0.15) is 37.6 Å². The number of ether oxygens (including phenoxy) is 1. The topological polar surface area (TPSA) is 113 Å². The van der Waals surface area contributed by atoms with Crippen LogP contribution in [0, 0.1) is 0 Å². The van der Waals surface area contributed by atoms with E-state index in [2.05, 4.69) is 5.32 Å². The molecule has 9 heteroatoms. The van der Waals surface area contributed by atoms with Gasteiger partial charge >= 0.3 is 5.97 Å². The fourth-order valence-electron chi connectivity index (χ4n) is 2.47. The number of hydrogen-bond acceptors (Lipinski definition) is 5. The summed E-state index contributed by atoms with van der Waals surface area (Å²) in [5, 5.41) is 11.7. The van der Waals surface area contributed by atoms with Crippen LogP contribution in [0.15, 0.2) is 35.2 Å². The fourth-order valence-corrected chi connectivity index (χ4v) is 3.95. The number of carboxylic acid groups (broad SMARTS) is 1. The van der Waals surface area contributed by atoms with Crippen LogP contribution in [-0.2, 0) is 14.8 Å². The molecule has 0 aliphatic carbocycles. The standard InChI is InChI=1S/C18H26N2O6S/c1-5-8-9-15(18(22)23)19-17(21)14-12-13(10-11-16(14)26-4)27(24,25)20(6-2)7-3/h5,8,10-12,15H,6-7,9H2,1-4H3,(H,19,21)(H,22,23)/b8-5+.